The number of rotatable bonds is 12. The lowest BCUT2D eigenvalue weighted by molar-refractivity contribution is -0.139. The van der Waals surface area contributed by atoms with E-state index in [1.807, 2.05) is 0 Å². The summed E-state index contributed by atoms with van der Waals surface area (Å²) in [5, 5.41) is 7.05. The van der Waals surface area contributed by atoms with Gasteiger partial charge in [0.05, 0.1) is 50.7 Å². The highest BCUT2D eigenvalue weighted by Gasteiger charge is 2.37. The molecule has 1 aliphatic heterocycles. The van der Waals surface area contributed by atoms with E-state index in [1.54, 1.807) is 77.3 Å². The molecular formula is C30H35N3O8. The second kappa shape index (κ2) is 14.5. The minimum absolute atomic E-state index is 0.187. The molecule has 0 fully saturated rings. The predicted molar refractivity (Wildman–Crippen MR) is 152 cm³/mol. The zero-order valence-electron chi connectivity index (χ0n) is 24.0. The van der Waals surface area contributed by atoms with Crippen molar-refractivity contribution in [3.05, 3.63) is 76.1 Å². The number of carbonyl (C=O) groups is 3. The lowest BCUT2D eigenvalue weighted by Gasteiger charge is -2.30. The summed E-state index contributed by atoms with van der Waals surface area (Å²) in [6, 6.07) is 12.0. The Labute approximate surface area is 239 Å². The average Bonchev–Trinajstić information content (AvgIpc) is 2.96. The number of dihydropyridines is 1. The van der Waals surface area contributed by atoms with Gasteiger partial charge in [-0.1, -0.05) is 12.1 Å². The fraction of sp³-hybridized carbons (Fsp3) is 0.333. The number of methoxy groups -OCH3 is 2. The Morgan fingerprint density at radius 3 is 2.00 bits per heavy atom. The molecule has 0 bridgehead atoms. The maximum Gasteiger partial charge on any atom is 0.336 e. The molecule has 2 aromatic rings. The molecule has 0 aliphatic carbocycles. The van der Waals surface area contributed by atoms with Crippen molar-refractivity contribution in [2.24, 2.45) is 5.10 Å². The molecule has 3 rings (SSSR count). The Bertz CT molecular complexity index is 1320. The molecule has 0 radical (unpaired) electrons. The fourth-order valence-corrected chi connectivity index (χ4v) is 4.34. The standard InChI is InChI=1S/C30H35N3O8/c1-7-39-29(35)26-18(3)32-19(4)27(30(36)40-8-2)28(26)21-10-12-22(13-11-21)41-17-25(34)33-31-16-20-9-14-23(37-5)24(15-20)38-6/h9-16,28,32H,7-8,17H2,1-6H3,(H,33,34)/b31-16+. The molecule has 41 heavy (non-hydrogen) atoms. The van der Waals surface area contributed by atoms with Crippen molar-refractivity contribution >= 4 is 24.1 Å². The molecular weight excluding hydrogens is 530 g/mol. The van der Waals surface area contributed by atoms with Gasteiger partial charge in [0.1, 0.15) is 5.75 Å². The highest BCUT2D eigenvalue weighted by atomic mass is 16.5. The number of carbonyl (C=O) groups excluding carboxylic acids is 3. The van der Waals surface area contributed by atoms with Crippen LogP contribution in [0, 0.1) is 0 Å². The number of benzene rings is 2. The van der Waals surface area contributed by atoms with Gasteiger partial charge in [0.25, 0.3) is 5.91 Å². The van der Waals surface area contributed by atoms with Crippen molar-refractivity contribution in [2.45, 2.75) is 33.6 Å². The van der Waals surface area contributed by atoms with Gasteiger partial charge in [0.2, 0.25) is 0 Å². The third-order valence-corrected chi connectivity index (χ3v) is 6.14. The van der Waals surface area contributed by atoms with Crippen molar-refractivity contribution in [1.29, 1.82) is 0 Å². The number of hydrogen-bond donors (Lipinski definition) is 2. The smallest absolute Gasteiger partial charge is 0.336 e. The Balaban J connectivity index is 1.71. The van der Waals surface area contributed by atoms with E-state index in [-0.39, 0.29) is 19.8 Å². The van der Waals surface area contributed by atoms with Crippen LogP contribution in [-0.4, -0.2) is 58.1 Å². The molecule has 1 aliphatic rings. The second-order valence-electron chi connectivity index (χ2n) is 8.84. The van der Waals surface area contributed by atoms with E-state index < -0.39 is 23.8 Å². The first kappa shape index (κ1) is 30.7. The number of nitrogens with zero attached hydrogens (tertiary/aromatic N) is 1. The van der Waals surface area contributed by atoms with Gasteiger partial charge in [0, 0.05) is 11.4 Å². The highest BCUT2D eigenvalue weighted by Crippen LogP contribution is 2.39. The maximum atomic E-state index is 12.9. The van der Waals surface area contributed by atoms with E-state index in [2.05, 4.69) is 15.8 Å². The SMILES string of the molecule is CCOC(=O)C1=C(C)NC(C)=C(C(=O)OCC)C1c1ccc(OCC(=O)N/N=C/c2ccc(OC)c(OC)c2)cc1. The molecule has 11 nitrogen and oxygen atoms in total. The van der Waals surface area contributed by atoms with Crippen LogP contribution in [0.2, 0.25) is 0 Å². The van der Waals surface area contributed by atoms with Crippen LogP contribution in [-0.2, 0) is 23.9 Å². The summed E-state index contributed by atoms with van der Waals surface area (Å²) in [7, 11) is 3.08. The van der Waals surface area contributed by atoms with Gasteiger partial charge >= 0.3 is 11.9 Å². The molecule has 0 saturated carbocycles. The molecule has 0 unspecified atom stereocenters. The van der Waals surface area contributed by atoms with E-state index in [4.69, 9.17) is 23.7 Å². The van der Waals surface area contributed by atoms with Crippen LogP contribution < -0.4 is 25.0 Å². The number of esters is 2. The zero-order valence-corrected chi connectivity index (χ0v) is 24.0. The summed E-state index contributed by atoms with van der Waals surface area (Å²) >= 11 is 0. The lowest BCUT2D eigenvalue weighted by atomic mass is 9.80. The van der Waals surface area contributed by atoms with Crippen LogP contribution in [0.4, 0.5) is 0 Å². The summed E-state index contributed by atoms with van der Waals surface area (Å²) in [6.45, 7) is 7.05. The summed E-state index contributed by atoms with van der Waals surface area (Å²) < 4.78 is 26.7. The molecule has 1 heterocycles. The molecule has 0 atom stereocenters. The molecule has 0 saturated heterocycles. The van der Waals surface area contributed by atoms with E-state index in [9.17, 15) is 14.4 Å². The van der Waals surface area contributed by atoms with Gasteiger partial charge in [-0.25, -0.2) is 15.0 Å². The first-order valence-corrected chi connectivity index (χ1v) is 13.0. The van der Waals surface area contributed by atoms with Gasteiger partial charge in [-0.15, -0.1) is 0 Å². The van der Waals surface area contributed by atoms with E-state index in [0.717, 1.165) is 0 Å². The van der Waals surface area contributed by atoms with E-state index in [1.165, 1.54) is 13.3 Å². The van der Waals surface area contributed by atoms with Crippen LogP contribution in [0.1, 0.15) is 44.7 Å². The lowest BCUT2D eigenvalue weighted by Crippen LogP contribution is -2.32. The first-order valence-electron chi connectivity index (χ1n) is 13.0. The van der Waals surface area contributed by atoms with Crippen LogP contribution in [0.15, 0.2) is 70.1 Å². The molecule has 2 N–H and O–H groups in total. The largest absolute Gasteiger partial charge is 0.493 e. The normalized spacial score (nSPS) is 13.5. The van der Waals surface area contributed by atoms with Crippen LogP contribution in [0.5, 0.6) is 17.2 Å². The zero-order chi connectivity index (χ0) is 29.9. The molecule has 1 amide bonds. The summed E-state index contributed by atoms with van der Waals surface area (Å²) in [5.74, 6) is -0.685. The Morgan fingerprint density at radius 1 is 0.878 bits per heavy atom. The minimum atomic E-state index is -0.711. The van der Waals surface area contributed by atoms with E-state index >= 15 is 0 Å². The highest BCUT2D eigenvalue weighted by molar-refractivity contribution is 5.99. The number of hydrazone groups is 1. The number of hydrogen-bond acceptors (Lipinski definition) is 10. The van der Waals surface area contributed by atoms with Crippen LogP contribution in [0.25, 0.3) is 0 Å². The summed E-state index contributed by atoms with van der Waals surface area (Å²) in [6.07, 6.45) is 1.47. The maximum absolute atomic E-state index is 12.9. The Hall–Kier alpha value is -4.80. The van der Waals surface area contributed by atoms with Gasteiger partial charge < -0.3 is 29.0 Å². The summed E-state index contributed by atoms with van der Waals surface area (Å²) in [5.41, 5.74) is 5.59. The molecule has 0 spiro atoms. The predicted octanol–water partition coefficient (Wildman–Crippen LogP) is 3.59. The quantitative estimate of drug-likeness (QED) is 0.225. The third-order valence-electron chi connectivity index (χ3n) is 6.14. The average molecular weight is 566 g/mol. The molecule has 0 aromatic heterocycles. The molecule has 218 valence electrons. The van der Waals surface area contributed by atoms with Crippen molar-refractivity contribution in [2.75, 3.05) is 34.0 Å². The van der Waals surface area contributed by atoms with Gasteiger partial charge in [-0.3, -0.25) is 4.79 Å². The van der Waals surface area contributed by atoms with Crippen molar-refractivity contribution in [3.8, 4) is 17.2 Å². The van der Waals surface area contributed by atoms with Crippen molar-refractivity contribution < 1.29 is 38.1 Å². The van der Waals surface area contributed by atoms with Crippen LogP contribution in [0.3, 0.4) is 0 Å². The first-order chi connectivity index (χ1) is 19.7. The van der Waals surface area contributed by atoms with Gasteiger partial charge in [0.15, 0.2) is 18.1 Å². The second-order valence-corrected chi connectivity index (χ2v) is 8.84. The van der Waals surface area contributed by atoms with Crippen molar-refractivity contribution in [3.63, 3.8) is 0 Å². The number of nitrogens with one attached hydrogen (secondary N) is 2. The van der Waals surface area contributed by atoms with Crippen molar-refractivity contribution in [1.82, 2.24) is 10.7 Å². The molecule has 2 aromatic carbocycles. The van der Waals surface area contributed by atoms with E-state index in [0.29, 0.717) is 50.9 Å². The minimum Gasteiger partial charge on any atom is -0.493 e. The topological polar surface area (TPSA) is 134 Å². The number of ether oxygens (including phenoxy) is 5. The number of amides is 1. The number of allylic oxidation sites excluding steroid dienone is 2. The summed E-state index contributed by atoms with van der Waals surface area (Å²) in [4.78, 5) is 38.1. The molecule has 11 heteroatoms. The Kier molecular flexibility index (Phi) is 10.9. The third kappa shape index (κ3) is 7.65. The Morgan fingerprint density at radius 2 is 1.46 bits per heavy atom. The monoisotopic (exact) mass is 565 g/mol. The fourth-order valence-electron chi connectivity index (χ4n) is 4.34. The van der Waals surface area contributed by atoms with Gasteiger partial charge in [-0.2, -0.15) is 5.10 Å². The van der Waals surface area contributed by atoms with Gasteiger partial charge in [-0.05, 0) is 69.2 Å². The van der Waals surface area contributed by atoms with Crippen LogP contribution >= 0.6 is 0 Å².